The van der Waals surface area contributed by atoms with Crippen molar-refractivity contribution in [2.24, 2.45) is 0 Å². The number of hydrogen-bond donors (Lipinski definition) is 1. The van der Waals surface area contributed by atoms with Gasteiger partial charge in [0.1, 0.15) is 6.10 Å². The van der Waals surface area contributed by atoms with Crippen molar-refractivity contribution in [1.82, 2.24) is 4.90 Å². The van der Waals surface area contributed by atoms with E-state index in [0.29, 0.717) is 23.9 Å². The van der Waals surface area contributed by atoms with Crippen molar-refractivity contribution < 1.29 is 14.3 Å². The van der Waals surface area contributed by atoms with Crippen LogP contribution in [0, 0.1) is 0 Å². The largest absolute Gasteiger partial charge is 0.368 e. The first-order chi connectivity index (χ1) is 10.1. The van der Waals surface area contributed by atoms with Gasteiger partial charge in [0.15, 0.2) is 0 Å². The van der Waals surface area contributed by atoms with Gasteiger partial charge in [-0.25, -0.2) is 0 Å². The summed E-state index contributed by atoms with van der Waals surface area (Å²) >= 11 is 0. The molecule has 2 amide bonds. The molecule has 3 rings (SSSR count). The van der Waals surface area contributed by atoms with Gasteiger partial charge in [-0.1, -0.05) is 6.07 Å². The maximum atomic E-state index is 12.3. The first kappa shape index (κ1) is 14.1. The van der Waals surface area contributed by atoms with Crippen molar-refractivity contribution >= 4 is 17.5 Å². The number of nitrogens with one attached hydrogen (secondary N) is 1. The van der Waals surface area contributed by atoms with Gasteiger partial charge in [0.25, 0.3) is 11.8 Å². The standard InChI is InChI=1S/C16H20N2O3/c1-18(13-7-8-13)16(20)11-4-2-5-12(10-11)17-15(19)14-6-3-9-21-14/h2,4-5,10,13-14H,3,6-9H2,1H3,(H,17,19). The molecule has 5 nitrogen and oxygen atoms in total. The number of carbonyl (C=O) groups excluding carboxylic acids is 2. The molecule has 0 bridgehead atoms. The summed E-state index contributed by atoms with van der Waals surface area (Å²) in [5.74, 6) is -0.127. The average molecular weight is 288 g/mol. The molecular formula is C16H20N2O3. The average Bonchev–Trinajstić information content (AvgIpc) is 3.20. The molecule has 1 N–H and O–H groups in total. The molecule has 2 aliphatic rings. The molecule has 1 unspecified atom stereocenters. The second-order valence-electron chi connectivity index (χ2n) is 5.72. The van der Waals surface area contributed by atoms with Gasteiger partial charge >= 0.3 is 0 Å². The second-order valence-corrected chi connectivity index (χ2v) is 5.72. The summed E-state index contributed by atoms with van der Waals surface area (Å²) in [6.07, 6.45) is 3.48. The van der Waals surface area contributed by atoms with Gasteiger partial charge in [0.05, 0.1) is 0 Å². The van der Waals surface area contributed by atoms with Crippen LogP contribution >= 0.6 is 0 Å². The molecule has 1 aromatic carbocycles. The minimum absolute atomic E-state index is 0.00529. The number of amides is 2. The number of ether oxygens (including phenoxy) is 1. The number of hydrogen-bond acceptors (Lipinski definition) is 3. The lowest BCUT2D eigenvalue weighted by molar-refractivity contribution is -0.124. The number of rotatable bonds is 4. The summed E-state index contributed by atoms with van der Waals surface area (Å²) in [5.41, 5.74) is 1.25. The van der Waals surface area contributed by atoms with Crippen LogP contribution in [0.2, 0.25) is 0 Å². The molecule has 1 heterocycles. The normalized spacial score (nSPS) is 21.1. The predicted octanol–water partition coefficient (Wildman–Crippen LogP) is 2.04. The van der Waals surface area contributed by atoms with Crippen LogP contribution in [-0.2, 0) is 9.53 Å². The van der Waals surface area contributed by atoms with E-state index < -0.39 is 0 Å². The first-order valence-electron chi connectivity index (χ1n) is 7.45. The van der Waals surface area contributed by atoms with Crippen LogP contribution in [0.1, 0.15) is 36.0 Å². The zero-order valence-electron chi connectivity index (χ0n) is 12.2. The van der Waals surface area contributed by atoms with Gasteiger partial charge in [-0.15, -0.1) is 0 Å². The topological polar surface area (TPSA) is 58.6 Å². The zero-order valence-corrected chi connectivity index (χ0v) is 12.2. The van der Waals surface area contributed by atoms with Crippen LogP contribution in [-0.4, -0.2) is 42.5 Å². The van der Waals surface area contributed by atoms with E-state index in [-0.39, 0.29) is 17.9 Å². The van der Waals surface area contributed by atoms with Crippen molar-refractivity contribution in [3.63, 3.8) is 0 Å². The Hall–Kier alpha value is -1.88. The number of nitrogens with zero attached hydrogens (tertiary/aromatic N) is 1. The van der Waals surface area contributed by atoms with Gasteiger partial charge in [0.2, 0.25) is 0 Å². The Morgan fingerprint density at radius 3 is 2.76 bits per heavy atom. The smallest absolute Gasteiger partial charge is 0.253 e. The minimum Gasteiger partial charge on any atom is -0.368 e. The molecule has 21 heavy (non-hydrogen) atoms. The van der Waals surface area contributed by atoms with Gasteiger partial charge in [0, 0.05) is 30.9 Å². The molecule has 1 saturated carbocycles. The third-order valence-electron chi connectivity index (χ3n) is 4.01. The fraction of sp³-hybridized carbons (Fsp3) is 0.500. The van der Waals surface area contributed by atoms with Gasteiger partial charge in [-0.3, -0.25) is 9.59 Å². The molecule has 1 atom stereocenters. The Morgan fingerprint density at radius 2 is 2.10 bits per heavy atom. The van der Waals surface area contributed by atoms with E-state index in [9.17, 15) is 9.59 Å². The van der Waals surface area contributed by atoms with Crippen LogP contribution in [0.5, 0.6) is 0 Å². The maximum absolute atomic E-state index is 12.3. The maximum Gasteiger partial charge on any atom is 0.253 e. The summed E-state index contributed by atoms with van der Waals surface area (Å²) in [6, 6.07) is 7.47. The van der Waals surface area contributed by atoms with Crippen LogP contribution in [0.15, 0.2) is 24.3 Å². The Morgan fingerprint density at radius 1 is 1.29 bits per heavy atom. The van der Waals surface area contributed by atoms with Gasteiger partial charge in [-0.2, -0.15) is 0 Å². The molecule has 2 fully saturated rings. The highest BCUT2D eigenvalue weighted by Crippen LogP contribution is 2.27. The van der Waals surface area contributed by atoms with Crippen molar-refractivity contribution in [2.75, 3.05) is 19.0 Å². The quantitative estimate of drug-likeness (QED) is 0.922. The minimum atomic E-state index is -0.363. The Balaban J connectivity index is 1.67. The summed E-state index contributed by atoms with van der Waals surface area (Å²) in [4.78, 5) is 26.1. The Bertz CT molecular complexity index is 548. The van der Waals surface area contributed by atoms with Crippen molar-refractivity contribution in [2.45, 2.75) is 37.8 Å². The zero-order chi connectivity index (χ0) is 14.8. The first-order valence-corrected chi connectivity index (χ1v) is 7.45. The van der Waals surface area contributed by atoms with E-state index in [0.717, 1.165) is 25.7 Å². The molecule has 1 aliphatic carbocycles. The molecule has 1 saturated heterocycles. The van der Waals surface area contributed by atoms with Gasteiger partial charge in [-0.05, 0) is 43.9 Å². The SMILES string of the molecule is CN(C(=O)c1cccc(NC(=O)C2CCCO2)c1)C1CC1. The molecule has 1 aliphatic heterocycles. The third-order valence-corrected chi connectivity index (χ3v) is 4.01. The molecule has 0 radical (unpaired) electrons. The highest BCUT2D eigenvalue weighted by molar-refractivity contribution is 5.98. The highest BCUT2D eigenvalue weighted by Gasteiger charge is 2.30. The number of anilines is 1. The monoisotopic (exact) mass is 288 g/mol. The van der Waals surface area contributed by atoms with Crippen molar-refractivity contribution in [3.8, 4) is 0 Å². The highest BCUT2D eigenvalue weighted by atomic mass is 16.5. The Kier molecular flexibility index (Phi) is 3.92. The summed E-state index contributed by atoms with van der Waals surface area (Å²) in [5, 5.41) is 2.83. The number of carbonyl (C=O) groups is 2. The lowest BCUT2D eigenvalue weighted by atomic mass is 10.1. The lowest BCUT2D eigenvalue weighted by Gasteiger charge is -2.17. The molecule has 112 valence electrons. The Labute approximate surface area is 124 Å². The van der Waals surface area contributed by atoms with E-state index in [1.165, 1.54) is 0 Å². The van der Waals surface area contributed by atoms with Crippen LogP contribution in [0.4, 0.5) is 5.69 Å². The van der Waals surface area contributed by atoms with E-state index in [2.05, 4.69) is 5.32 Å². The fourth-order valence-electron chi connectivity index (χ4n) is 2.57. The predicted molar refractivity (Wildman–Crippen MR) is 79.2 cm³/mol. The molecule has 1 aromatic rings. The van der Waals surface area contributed by atoms with Crippen LogP contribution < -0.4 is 5.32 Å². The molecular weight excluding hydrogens is 268 g/mol. The number of benzene rings is 1. The molecule has 0 spiro atoms. The lowest BCUT2D eigenvalue weighted by Crippen LogP contribution is -2.29. The van der Waals surface area contributed by atoms with Gasteiger partial charge < -0.3 is 15.0 Å². The summed E-state index contributed by atoms with van der Waals surface area (Å²) < 4.78 is 5.36. The van der Waals surface area contributed by atoms with Crippen molar-refractivity contribution in [3.05, 3.63) is 29.8 Å². The summed E-state index contributed by atoms with van der Waals surface area (Å²) in [6.45, 7) is 0.642. The van der Waals surface area contributed by atoms with E-state index >= 15 is 0 Å². The van der Waals surface area contributed by atoms with Crippen molar-refractivity contribution in [1.29, 1.82) is 0 Å². The molecule has 5 heteroatoms. The fourth-order valence-corrected chi connectivity index (χ4v) is 2.57. The molecule has 0 aromatic heterocycles. The van der Waals surface area contributed by atoms with E-state index in [4.69, 9.17) is 4.74 Å². The summed E-state index contributed by atoms with van der Waals surface area (Å²) in [7, 11) is 1.83. The van der Waals surface area contributed by atoms with E-state index in [1.807, 2.05) is 7.05 Å². The van der Waals surface area contributed by atoms with E-state index in [1.54, 1.807) is 29.2 Å². The third kappa shape index (κ3) is 3.24. The van der Waals surface area contributed by atoms with Crippen LogP contribution in [0.25, 0.3) is 0 Å². The van der Waals surface area contributed by atoms with Crippen LogP contribution in [0.3, 0.4) is 0 Å². The second kappa shape index (κ2) is 5.85.